The van der Waals surface area contributed by atoms with Crippen LogP contribution in [0.2, 0.25) is 0 Å². The lowest BCUT2D eigenvalue weighted by molar-refractivity contribution is 0.262. The number of amides is 2. The minimum Gasteiger partial charge on any atom is -0.308 e. The van der Waals surface area contributed by atoms with Gasteiger partial charge < -0.3 is 10.6 Å². The average Bonchev–Trinajstić information content (AvgIpc) is 3.06. The van der Waals surface area contributed by atoms with E-state index in [4.69, 9.17) is 0 Å². The Kier molecular flexibility index (Phi) is 5.70. The van der Waals surface area contributed by atoms with Gasteiger partial charge >= 0.3 is 6.03 Å². The van der Waals surface area contributed by atoms with E-state index in [1.165, 1.54) is 4.31 Å². The number of anilines is 3. The van der Waals surface area contributed by atoms with Gasteiger partial charge in [0.1, 0.15) is 0 Å². The van der Waals surface area contributed by atoms with Gasteiger partial charge in [0.25, 0.3) is 0 Å². The molecule has 2 aromatic rings. The number of para-hydroxylation sites is 1. The number of aryl methyl sites for hydroxylation is 1. The number of urea groups is 1. The number of benzene rings is 2. The first-order valence-corrected chi connectivity index (χ1v) is 10.8. The van der Waals surface area contributed by atoms with Crippen LogP contribution in [0.15, 0.2) is 42.5 Å². The summed E-state index contributed by atoms with van der Waals surface area (Å²) in [5.41, 5.74) is 4.04. The standard InChI is InChI=1S/C20H25N3O3S/c1-3-13-27(25,26)23-12-11-16-9-10-17(14-19(16)23)21-20(24)22-18-8-6-5-7-15(18)4-2/h5-10,14H,3-4,11-13H2,1-2H3,(H2,21,22,24). The molecule has 3 rings (SSSR count). The van der Waals surface area contributed by atoms with E-state index < -0.39 is 10.0 Å². The number of sulfonamides is 1. The molecule has 0 saturated carbocycles. The molecule has 0 saturated heterocycles. The van der Waals surface area contributed by atoms with Gasteiger partial charge in [-0.2, -0.15) is 0 Å². The molecule has 27 heavy (non-hydrogen) atoms. The SMILES string of the molecule is CCCS(=O)(=O)N1CCc2ccc(NC(=O)Nc3ccccc3CC)cc21. The Bertz CT molecular complexity index is 941. The van der Waals surface area contributed by atoms with Crippen LogP contribution in [0.4, 0.5) is 21.9 Å². The predicted octanol–water partition coefficient (Wildman–Crippen LogP) is 4.00. The van der Waals surface area contributed by atoms with Crippen LogP contribution in [-0.4, -0.2) is 26.7 Å². The molecule has 1 heterocycles. The molecule has 1 aliphatic rings. The monoisotopic (exact) mass is 387 g/mol. The summed E-state index contributed by atoms with van der Waals surface area (Å²) in [7, 11) is -3.32. The van der Waals surface area contributed by atoms with Crippen LogP contribution in [0.25, 0.3) is 0 Å². The van der Waals surface area contributed by atoms with Crippen LogP contribution in [-0.2, 0) is 22.9 Å². The molecule has 1 aliphatic heterocycles. The van der Waals surface area contributed by atoms with Crippen molar-refractivity contribution in [2.45, 2.75) is 33.1 Å². The van der Waals surface area contributed by atoms with E-state index >= 15 is 0 Å². The molecule has 0 unspecified atom stereocenters. The first kappa shape index (κ1) is 19.2. The van der Waals surface area contributed by atoms with Crippen molar-refractivity contribution in [2.75, 3.05) is 27.2 Å². The summed E-state index contributed by atoms with van der Waals surface area (Å²) < 4.78 is 26.4. The smallest absolute Gasteiger partial charge is 0.308 e. The van der Waals surface area contributed by atoms with E-state index in [-0.39, 0.29) is 11.8 Å². The van der Waals surface area contributed by atoms with Gasteiger partial charge in [-0.25, -0.2) is 13.2 Å². The second-order valence-corrected chi connectivity index (χ2v) is 8.58. The van der Waals surface area contributed by atoms with Crippen molar-refractivity contribution < 1.29 is 13.2 Å². The van der Waals surface area contributed by atoms with E-state index in [2.05, 4.69) is 10.6 Å². The van der Waals surface area contributed by atoms with Gasteiger partial charge in [-0.1, -0.05) is 38.1 Å². The third kappa shape index (κ3) is 4.24. The molecular formula is C20H25N3O3S. The zero-order chi connectivity index (χ0) is 19.4. The minimum atomic E-state index is -3.32. The number of nitrogens with one attached hydrogen (secondary N) is 2. The summed E-state index contributed by atoms with van der Waals surface area (Å²) in [6.45, 7) is 4.34. The van der Waals surface area contributed by atoms with Crippen LogP contribution in [0, 0.1) is 0 Å². The normalized spacial score (nSPS) is 13.3. The lowest BCUT2D eigenvalue weighted by Crippen LogP contribution is -2.31. The first-order chi connectivity index (χ1) is 12.9. The van der Waals surface area contributed by atoms with E-state index in [0.717, 1.165) is 23.2 Å². The van der Waals surface area contributed by atoms with Crippen molar-refractivity contribution in [1.82, 2.24) is 0 Å². The fraction of sp³-hybridized carbons (Fsp3) is 0.350. The molecule has 0 spiro atoms. The molecule has 2 N–H and O–H groups in total. The summed E-state index contributed by atoms with van der Waals surface area (Å²) in [6.07, 6.45) is 2.08. The third-order valence-corrected chi connectivity index (χ3v) is 6.62. The molecule has 0 atom stereocenters. The van der Waals surface area contributed by atoms with Crippen molar-refractivity contribution in [2.24, 2.45) is 0 Å². The Labute approximate surface area is 160 Å². The summed E-state index contributed by atoms with van der Waals surface area (Å²) >= 11 is 0. The summed E-state index contributed by atoms with van der Waals surface area (Å²) in [4.78, 5) is 12.4. The molecule has 144 valence electrons. The van der Waals surface area contributed by atoms with Gasteiger partial charge in [-0.3, -0.25) is 4.31 Å². The maximum Gasteiger partial charge on any atom is 0.323 e. The highest BCUT2D eigenvalue weighted by Gasteiger charge is 2.29. The van der Waals surface area contributed by atoms with Crippen LogP contribution >= 0.6 is 0 Å². The molecule has 6 nitrogen and oxygen atoms in total. The molecule has 0 aromatic heterocycles. The second-order valence-electron chi connectivity index (χ2n) is 6.57. The van der Waals surface area contributed by atoms with Gasteiger partial charge in [-0.05, 0) is 48.6 Å². The highest BCUT2D eigenvalue weighted by atomic mass is 32.2. The van der Waals surface area contributed by atoms with E-state index in [1.54, 1.807) is 12.1 Å². The Morgan fingerprint density at radius 3 is 2.63 bits per heavy atom. The number of rotatable bonds is 6. The Balaban J connectivity index is 1.76. The first-order valence-electron chi connectivity index (χ1n) is 9.24. The topological polar surface area (TPSA) is 78.5 Å². The van der Waals surface area contributed by atoms with Gasteiger partial charge in [-0.15, -0.1) is 0 Å². The van der Waals surface area contributed by atoms with Crippen LogP contribution in [0.1, 0.15) is 31.4 Å². The van der Waals surface area contributed by atoms with E-state index in [0.29, 0.717) is 30.8 Å². The largest absolute Gasteiger partial charge is 0.323 e. The lowest BCUT2D eigenvalue weighted by Gasteiger charge is -2.20. The highest BCUT2D eigenvalue weighted by Crippen LogP contribution is 2.33. The maximum absolute atomic E-state index is 12.5. The zero-order valence-corrected chi connectivity index (χ0v) is 16.5. The van der Waals surface area contributed by atoms with Crippen LogP contribution in [0.5, 0.6) is 0 Å². The van der Waals surface area contributed by atoms with Gasteiger partial charge in [0.2, 0.25) is 10.0 Å². The van der Waals surface area contributed by atoms with Gasteiger partial charge in [0.05, 0.1) is 11.4 Å². The van der Waals surface area contributed by atoms with Crippen LogP contribution in [0.3, 0.4) is 0 Å². The maximum atomic E-state index is 12.5. The summed E-state index contributed by atoms with van der Waals surface area (Å²) in [6, 6.07) is 12.7. The second kappa shape index (κ2) is 8.00. The summed E-state index contributed by atoms with van der Waals surface area (Å²) in [5, 5.41) is 5.66. The molecule has 2 aromatic carbocycles. The van der Waals surface area contributed by atoms with E-state index in [1.807, 2.05) is 44.2 Å². The number of carbonyl (C=O) groups excluding carboxylic acids is 1. The Hall–Kier alpha value is -2.54. The quantitative estimate of drug-likeness (QED) is 0.786. The molecular weight excluding hydrogens is 362 g/mol. The van der Waals surface area contributed by atoms with Crippen molar-refractivity contribution in [3.63, 3.8) is 0 Å². The number of carbonyl (C=O) groups is 1. The average molecular weight is 388 g/mol. The van der Waals surface area contributed by atoms with E-state index in [9.17, 15) is 13.2 Å². The van der Waals surface area contributed by atoms with Crippen LogP contribution < -0.4 is 14.9 Å². The molecule has 7 heteroatoms. The number of fused-ring (bicyclic) bond motifs is 1. The predicted molar refractivity (Wildman–Crippen MR) is 110 cm³/mol. The molecule has 0 fully saturated rings. The molecule has 2 amide bonds. The number of hydrogen-bond donors (Lipinski definition) is 2. The highest BCUT2D eigenvalue weighted by molar-refractivity contribution is 7.92. The molecule has 0 aliphatic carbocycles. The van der Waals surface area contributed by atoms with Crippen molar-refractivity contribution >= 4 is 33.1 Å². The zero-order valence-electron chi connectivity index (χ0n) is 15.7. The fourth-order valence-corrected chi connectivity index (χ4v) is 4.90. The Morgan fingerprint density at radius 1 is 1.11 bits per heavy atom. The van der Waals surface area contributed by atoms with Crippen molar-refractivity contribution in [3.8, 4) is 0 Å². The molecule has 0 radical (unpaired) electrons. The lowest BCUT2D eigenvalue weighted by atomic mass is 10.1. The molecule has 0 bridgehead atoms. The Morgan fingerprint density at radius 2 is 1.89 bits per heavy atom. The van der Waals surface area contributed by atoms with Crippen molar-refractivity contribution in [3.05, 3.63) is 53.6 Å². The third-order valence-electron chi connectivity index (χ3n) is 4.64. The van der Waals surface area contributed by atoms with Gasteiger partial charge in [0.15, 0.2) is 0 Å². The fourth-order valence-electron chi connectivity index (χ4n) is 3.32. The minimum absolute atomic E-state index is 0.123. The number of nitrogens with zero attached hydrogens (tertiary/aromatic N) is 1. The van der Waals surface area contributed by atoms with Crippen molar-refractivity contribution in [1.29, 1.82) is 0 Å². The number of hydrogen-bond acceptors (Lipinski definition) is 3. The van der Waals surface area contributed by atoms with Gasteiger partial charge in [0, 0.05) is 17.9 Å². The summed E-state index contributed by atoms with van der Waals surface area (Å²) in [5.74, 6) is 0.123.